The van der Waals surface area contributed by atoms with Crippen molar-refractivity contribution in [1.29, 1.82) is 0 Å². The van der Waals surface area contributed by atoms with E-state index in [-0.39, 0.29) is 18.2 Å². The Hall–Kier alpha value is -1.92. The van der Waals surface area contributed by atoms with Crippen LogP contribution in [0.15, 0.2) is 24.3 Å². The third-order valence-electron chi connectivity index (χ3n) is 4.01. The molecule has 6 heteroatoms. The predicted molar refractivity (Wildman–Crippen MR) is 80.0 cm³/mol. The average molecular weight is 290 g/mol. The zero-order chi connectivity index (χ0) is 15.5. The SMILES string of the molecule is CC1(C)C(=O)NCCN1Cc1ccccc1CC(=O)NN. The van der Waals surface area contributed by atoms with E-state index in [0.29, 0.717) is 13.1 Å². The average Bonchev–Trinajstić information content (AvgIpc) is 2.46. The first-order chi connectivity index (χ1) is 9.95. The van der Waals surface area contributed by atoms with Gasteiger partial charge in [-0.2, -0.15) is 0 Å². The number of hydrogen-bond donors (Lipinski definition) is 3. The van der Waals surface area contributed by atoms with Gasteiger partial charge in [-0.25, -0.2) is 5.84 Å². The lowest BCUT2D eigenvalue weighted by Crippen LogP contribution is -2.61. The number of hydrogen-bond acceptors (Lipinski definition) is 4. The molecule has 21 heavy (non-hydrogen) atoms. The Morgan fingerprint density at radius 3 is 2.71 bits per heavy atom. The van der Waals surface area contributed by atoms with Crippen molar-refractivity contribution in [3.63, 3.8) is 0 Å². The Morgan fingerprint density at radius 1 is 1.38 bits per heavy atom. The second kappa shape index (κ2) is 6.24. The van der Waals surface area contributed by atoms with Gasteiger partial charge in [0.15, 0.2) is 0 Å². The van der Waals surface area contributed by atoms with E-state index in [2.05, 4.69) is 15.6 Å². The monoisotopic (exact) mass is 290 g/mol. The molecular formula is C15H22N4O2. The van der Waals surface area contributed by atoms with Crippen molar-refractivity contribution in [2.75, 3.05) is 13.1 Å². The highest BCUT2D eigenvalue weighted by atomic mass is 16.2. The maximum atomic E-state index is 12.0. The van der Waals surface area contributed by atoms with E-state index in [1.165, 1.54) is 0 Å². The summed E-state index contributed by atoms with van der Waals surface area (Å²) in [4.78, 5) is 25.6. The summed E-state index contributed by atoms with van der Waals surface area (Å²) in [7, 11) is 0. The molecule has 1 fully saturated rings. The third kappa shape index (κ3) is 3.40. The number of hydrazine groups is 1. The highest BCUT2D eigenvalue weighted by molar-refractivity contribution is 5.86. The number of rotatable bonds is 4. The Morgan fingerprint density at radius 2 is 2.05 bits per heavy atom. The van der Waals surface area contributed by atoms with Gasteiger partial charge in [0.25, 0.3) is 0 Å². The summed E-state index contributed by atoms with van der Waals surface area (Å²) < 4.78 is 0. The molecule has 0 aliphatic carbocycles. The molecule has 4 N–H and O–H groups in total. The lowest BCUT2D eigenvalue weighted by atomic mass is 9.96. The minimum absolute atomic E-state index is 0.0333. The predicted octanol–water partition coefficient (Wildman–Crippen LogP) is -0.0706. The third-order valence-corrected chi connectivity index (χ3v) is 4.01. The van der Waals surface area contributed by atoms with Crippen LogP contribution >= 0.6 is 0 Å². The van der Waals surface area contributed by atoms with Crippen molar-refractivity contribution >= 4 is 11.8 Å². The summed E-state index contributed by atoms with van der Waals surface area (Å²) in [6.07, 6.45) is 0.243. The van der Waals surface area contributed by atoms with Crippen LogP contribution in [0.4, 0.5) is 0 Å². The molecule has 0 spiro atoms. The quantitative estimate of drug-likeness (QED) is 0.411. The number of nitrogens with zero attached hydrogens (tertiary/aromatic N) is 1. The van der Waals surface area contributed by atoms with Crippen molar-refractivity contribution in [3.8, 4) is 0 Å². The Kier molecular flexibility index (Phi) is 4.59. The summed E-state index contributed by atoms with van der Waals surface area (Å²) >= 11 is 0. The number of nitrogens with two attached hydrogens (primary N) is 1. The minimum Gasteiger partial charge on any atom is -0.353 e. The molecule has 1 aliphatic heterocycles. The molecule has 1 heterocycles. The van der Waals surface area contributed by atoms with Gasteiger partial charge in [-0.3, -0.25) is 19.9 Å². The summed E-state index contributed by atoms with van der Waals surface area (Å²) in [6.45, 7) is 5.89. The maximum absolute atomic E-state index is 12.0. The van der Waals surface area contributed by atoms with Gasteiger partial charge in [0.05, 0.1) is 12.0 Å². The van der Waals surface area contributed by atoms with Crippen molar-refractivity contribution < 1.29 is 9.59 Å². The second-order valence-corrected chi connectivity index (χ2v) is 5.75. The smallest absolute Gasteiger partial charge is 0.240 e. The van der Waals surface area contributed by atoms with E-state index in [9.17, 15) is 9.59 Å². The van der Waals surface area contributed by atoms with Gasteiger partial charge in [-0.15, -0.1) is 0 Å². The minimum atomic E-state index is -0.554. The zero-order valence-corrected chi connectivity index (χ0v) is 12.5. The molecule has 0 unspecified atom stereocenters. The normalized spacial score (nSPS) is 18.1. The summed E-state index contributed by atoms with van der Waals surface area (Å²) in [6, 6.07) is 7.75. The molecule has 1 aromatic rings. The molecule has 6 nitrogen and oxygen atoms in total. The molecule has 0 saturated carbocycles. The number of carbonyl (C=O) groups is 2. The molecule has 2 amide bonds. The molecule has 2 rings (SSSR count). The Bertz CT molecular complexity index is 542. The first-order valence-electron chi connectivity index (χ1n) is 7.04. The van der Waals surface area contributed by atoms with Crippen LogP contribution in [0.1, 0.15) is 25.0 Å². The van der Waals surface area contributed by atoms with Crippen LogP contribution < -0.4 is 16.6 Å². The van der Waals surface area contributed by atoms with Crippen molar-refractivity contribution in [1.82, 2.24) is 15.6 Å². The van der Waals surface area contributed by atoms with E-state index in [1.54, 1.807) is 0 Å². The highest BCUT2D eigenvalue weighted by Gasteiger charge is 2.37. The maximum Gasteiger partial charge on any atom is 0.240 e. The number of nitrogens with one attached hydrogen (secondary N) is 2. The molecular weight excluding hydrogens is 268 g/mol. The number of carbonyl (C=O) groups excluding carboxylic acids is 2. The van der Waals surface area contributed by atoms with Crippen molar-refractivity contribution in [2.45, 2.75) is 32.4 Å². The van der Waals surface area contributed by atoms with E-state index in [1.807, 2.05) is 38.1 Å². The van der Waals surface area contributed by atoms with Gasteiger partial charge < -0.3 is 5.32 Å². The zero-order valence-electron chi connectivity index (χ0n) is 12.5. The molecule has 0 aromatic heterocycles. The van der Waals surface area contributed by atoms with E-state index >= 15 is 0 Å². The standard InChI is InChI=1S/C15H22N4O2/c1-15(2)14(21)17-7-8-19(15)10-12-6-4-3-5-11(12)9-13(20)18-16/h3-6H,7-10,16H2,1-2H3,(H,17,21)(H,18,20). The summed E-state index contributed by atoms with van der Waals surface area (Å²) in [5.41, 5.74) is 3.57. The second-order valence-electron chi connectivity index (χ2n) is 5.75. The molecule has 0 atom stereocenters. The van der Waals surface area contributed by atoms with Gasteiger partial charge in [0.2, 0.25) is 11.8 Å². The highest BCUT2D eigenvalue weighted by Crippen LogP contribution is 2.22. The van der Waals surface area contributed by atoms with Crippen molar-refractivity contribution in [2.24, 2.45) is 5.84 Å². The lowest BCUT2D eigenvalue weighted by Gasteiger charge is -2.41. The van der Waals surface area contributed by atoms with Gasteiger partial charge in [0.1, 0.15) is 0 Å². The fraction of sp³-hybridized carbons (Fsp3) is 0.467. The molecule has 114 valence electrons. The van der Waals surface area contributed by atoms with Crippen LogP contribution in [-0.4, -0.2) is 35.3 Å². The van der Waals surface area contributed by atoms with Crippen LogP contribution in [0.3, 0.4) is 0 Å². The van der Waals surface area contributed by atoms with Crippen LogP contribution in [0.25, 0.3) is 0 Å². The molecule has 0 radical (unpaired) electrons. The summed E-state index contributed by atoms with van der Waals surface area (Å²) in [5, 5.41) is 2.88. The van der Waals surface area contributed by atoms with E-state index in [0.717, 1.165) is 17.7 Å². The summed E-state index contributed by atoms with van der Waals surface area (Å²) in [5.74, 6) is 4.96. The molecule has 1 aromatic carbocycles. The first-order valence-corrected chi connectivity index (χ1v) is 7.04. The van der Waals surface area contributed by atoms with Gasteiger partial charge in [-0.1, -0.05) is 24.3 Å². The van der Waals surface area contributed by atoms with Crippen LogP contribution in [0.5, 0.6) is 0 Å². The topological polar surface area (TPSA) is 87.5 Å². The van der Waals surface area contributed by atoms with E-state index in [4.69, 9.17) is 5.84 Å². The van der Waals surface area contributed by atoms with Gasteiger partial charge in [0, 0.05) is 19.6 Å². The Balaban J connectivity index is 2.19. The Labute approximate surface area is 124 Å². The largest absolute Gasteiger partial charge is 0.353 e. The molecule has 1 aliphatic rings. The first kappa shape index (κ1) is 15.5. The lowest BCUT2D eigenvalue weighted by molar-refractivity contribution is -0.135. The van der Waals surface area contributed by atoms with Crippen LogP contribution in [0.2, 0.25) is 0 Å². The number of piperazine rings is 1. The molecule has 0 bridgehead atoms. The fourth-order valence-electron chi connectivity index (χ4n) is 2.53. The van der Waals surface area contributed by atoms with Gasteiger partial charge >= 0.3 is 0 Å². The fourth-order valence-corrected chi connectivity index (χ4v) is 2.53. The number of benzene rings is 1. The van der Waals surface area contributed by atoms with E-state index < -0.39 is 5.54 Å². The number of amides is 2. The van der Waals surface area contributed by atoms with Gasteiger partial charge in [-0.05, 0) is 25.0 Å². The van der Waals surface area contributed by atoms with Crippen molar-refractivity contribution in [3.05, 3.63) is 35.4 Å². The molecule has 1 saturated heterocycles. The van der Waals surface area contributed by atoms with Crippen LogP contribution in [0, 0.1) is 0 Å². The van der Waals surface area contributed by atoms with Crippen LogP contribution in [-0.2, 0) is 22.6 Å².